The second-order valence-electron chi connectivity index (χ2n) is 7.08. The largest absolute Gasteiger partial charge is 0.298 e. The lowest BCUT2D eigenvalue weighted by atomic mass is 9.90. The van der Waals surface area contributed by atoms with Gasteiger partial charge in [0.05, 0.1) is 0 Å². The van der Waals surface area contributed by atoms with Crippen molar-refractivity contribution in [1.82, 2.24) is 9.80 Å². The molecule has 28 heavy (non-hydrogen) atoms. The molecule has 0 spiro atoms. The Morgan fingerprint density at radius 2 is 1.46 bits per heavy atom. The molecule has 158 valence electrons. The quantitative estimate of drug-likeness (QED) is 0.563. The third kappa shape index (κ3) is 6.60. The van der Waals surface area contributed by atoms with Crippen molar-refractivity contribution in [2.45, 2.75) is 86.4 Å². The van der Waals surface area contributed by atoms with Gasteiger partial charge in [-0.15, -0.1) is 0 Å². The van der Waals surface area contributed by atoms with E-state index in [1.807, 2.05) is 41.5 Å². The number of benzene rings is 2. The van der Waals surface area contributed by atoms with Crippen molar-refractivity contribution in [3.63, 3.8) is 0 Å². The molecule has 1 saturated heterocycles. The number of piperazine rings is 1. The van der Waals surface area contributed by atoms with Crippen LogP contribution in [0.25, 0.3) is 10.8 Å². The first-order chi connectivity index (χ1) is 13.8. The zero-order valence-corrected chi connectivity index (χ0v) is 19.5. The summed E-state index contributed by atoms with van der Waals surface area (Å²) in [4.78, 5) is 5.38. The van der Waals surface area contributed by atoms with E-state index in [2.05, 4.69) is 59.2 Å². The molecule has 2 heteroatoms. The average Bonchev–Trinajstić information content (AvgIpc) is 2.73. The summed E-state index contributed by atoms with van der Waals surface area (Å²) in [5.41, 5.74) is 1.45. The lowest BCUT2D eigenvalue weighted by Gasteiger charge is -2.46. The second kappa shape index (κ2) is 13.7. The van der Waals surface area contributed by atoms with Gasteiger partial charge in [-0.05, 0) is 42.2 Å². The molecule has 0 amide bonds. The van der Waals surface area contributed by atoms with Crippen molar-refractivity contribution in [3.05, 3.63) is 48.0 Å². The predicted octanol–water partition coefficient (Wildman–Crippen LogP) is 6.98. The molecule has 1 aliphatic heterocycles. The van der Waals surface area contributed by atoms with E-state index in [0.29, 0.717) is 6.04 Å². The molecule has 1 aliphatic carbocycles. The van der Waals surface area contributed by atoms with Gasteiger partial charge in [0.25, 0.3) is 0 Å². The summed E-state index contributed by atoms with van der Waals surface area (Å²) in [5, 5.41) is 2.70. The Labute approximate surface area is 174 Å². The smallest absolute Gasteiger partial charge is 0.0237 e. The topological polar surface area (TPSA) is 6.48 Å². The van der Waals surface area contributed by atoms with E-state index in [1.165, 1.54) is 55.2 Å². The maximum absolute atomic E-state index is 2.73. The zero-order valence-electron chi connectivity index (χ0n) is 19.5. The maximum atomic E-state index is 2.73. The van der Waals surface area contributed by atoms with E-state index in [4.69, 9.17) is 0 Å². The zero-order chi connectivity index (χ0) is 20.9. The third-order valence-corrected chi connectivity index (χ3v) is 5.59. The number of hydrogen-bond acceptors (Lipinski definition) is 2. The highest BCUT2D eigenvalue weighted by molar-refractivity contribution is 5.82. The first kappa shape index (κ1) is 24.7. The third-order valence-electron chi connectivity index (χ3n) is 5.59. The summed E-state index contributed by atoms with van der Waals surface area (Å²) in [5.74, 6) is 0. The Bertz CT molecular complexity index is 648. The molecule has 2 aliphatic rings. The highest BCUT2D eigenvalue weighted by Crippen LogP contribution is 2.27. The normalized spacial score (nSPS) is 19.9. The van der Waals surface area contributed by atoms with Crippen LogP contribution in [-0.2, 0) is 6.54 Å². The van der Waals surface area contributed by atoms with Crippen molar-refractivity contribution in [1.29, 1.82) is 0 Å². The van der Waals surface area contributed by atoms with Crippen molar-refractivity contribution in [2.24, 2.45) is 0 Å². The molecule has 0 bridgehead atoms. The highest BCUT2D eigenvalue weighted by atomic mass is 15.3. The van der Waals surface area contributed by atoms with Crippen molar-refractivity contribution in [3.8, 4) is 0 Å². The van der Waals surface area contributed by atoms with Crippen LogP contribution in [0.3, 0.4) is 0 Å². The van der Waals surface area contributed by atoms with Crippen LogP contribution in [0.2, 0.25) is 0 Å². The van der Waals surface area contributed by atoms with Crippen LogP contribution >= 0.6 is 0 Å². The lowest BCUT2D eigenvalue weighted by molar-refractivity contribution is 0.0261. The van der Waals surface area contributed by atoms with E-state index in [-0.39, 0.29) is 0 Å². The highest BCUT2D eigenvalue weighted by Gasteiger charge is 2.31. The maximum Gasteiger partial charge on any atom is 0.0237 e. The van der Waals surface area contributed by atoms with Crippen LogP contribution in [-0.4, -0.2) is 41.5 Å². The molecule has 2 nitrogen and oxygen atoms in total. The fourth-order valence-corrected chi connectivity index (χ4v) is 3.91. The van der Waals surface area contributed by atoms with Crippen LogP contribution in [0, 0.1) is 0 Å². The van der Waals surface area contributed by atoms with Crippen molar-refractivity contribution < 1.29 is 0 Å². The van der Waals surface area contributed by atoms with Gasteiger partial charge in [0.15, 0.2) is 0 Å². The van der Waals surface area contributed by atoms with Gasteiger partial charge in [-0.2, -0.15) is 0 Å². The van der Waals surface area contributed by atoms with E-state index in [9.17, 15) is 0 Å². The molecule has 1 saturated carbocycles. The van der Waals surface area contributed by atoms with E-state index >= 15 is 0 Å². The minimum atomic E-state index is 0.667. The van der Waals surface area contributed by atoms with E-state index < -0.39 is 0 Å². The number of hydrogen-bond donors (Lipinski definition) is 0. The average molecular weight is 385 g/mol. The summed E-state index contributed by atoms with van der Waals surface area (Å²) >= 11 is 0. The van der Waals surface area contributed by atoms with Gasteiger partial charge in [0.2, 0.25) is 0 Å². The van der Waals surface area contributed by atoms with Gasteiger partial charge in [0, 0.05) is 38.3 Å². The van der Waals surface area contributed by atoms with Crippen molar-refractivity contribution >= 4 is 10.8 Å². The monoisotopic (exact) mass is 384 g/mol. The van der Waals surface area contributed by atoms with Gasteiger partial charge in [-0.1, -0.05) is 84.4 Å². The minimum absolute atomic E-state index is 0.667. The van der Waals surface area contributed by atoms with Gasteiger partial charge < -0.3 is 0 Å². The molecule has 2 aromatic carbocycles. The predicted molar refractivity (Wildman–Crippen MR) is 127 cm³/mol. The Balaban J connectivity index is 0.000000599. The molecule has 0 aromatic heterocycles. The number of nitrogens with zero attached hydrogens (tertiary/aromatic N) is 2. The molecular weight excluding hydrogens is 340 g/mol. The van der Waals surface area contributed by atoms with Gasteiger partial charge in [0.1, 0.15) is 0 Å². The lowest BCUT2D eigenvalue weighted by Crippen LogP contribution is -2.55. The number of fused-ring (bicyclic) bond motifs is 1. The molecule has 1 heterocycles. The first-order valence-electron chi connectivity index (χ1n) is 11.8. The molecule has 4 rings (SSSR count). The van der Waals surface area contributed by atoms with Gasteiger partial charge in [-0.25, -0.2) is 0 Å². The van der Waals surface area contributed by atoms with Crippen LogP contribution in [0.1, 0.15) is 73.3 Å². The molecule has 0 radical (unpaired) electrons. The van der Waals surface area contributed by atoms with Crippen molar-refractivity contribution in [2.75, 3.05) is 19.6 Å². The molecule has 1 unspecified atom stereocenters. The van der Waals surface area contributed by atoms with Crippen LogP contribution < -0.4 is 0 Å². The summed E-state index contributed by atoms with van der Waals surface area (Å²) < 4.78 is 0. The molecule has 2 fully saturated rings. The summed E-state index contributed by atoms with van der Waals surface area (Å²) in [7, 11) is 0. The summed E-state index contributed by atoms with van der Waals surface area (Å²) in [6.45, 7) is 19.2. The molecule has 2 aromatic rings. The molecular formula is C26H44N2. The fourth-order valence-electron chi connectivity index (χ4n) is 3.91. The van der Waals surface area contributed by atoms with Gasteiger partial charge >= 0.3 is 0 Å². The Morgan fingerprint density at radius 1 is 0.821 bits per heavy atom. The summed E-state index contributed by atoms with van der Waals surface area (Å²) in [6.07, 6.45) is 4.30. The second-order valence-corrected chi connectivity index (χ2v) is 7.08. The fraction of sp³-hybridized carbons (Fsp3) is 0.615. The minimum Gasteiger partial charge on any atom is -0.298 e. The first-order valence-corrected chi connectivity index (χ1v) is 11.8. The van der Waals surface area contributed by atoms with E-state index in [1.54, 1.807) is 0 Å². The Hall–Kier alpha value is -1.38. The van der Waals surface area contributed by atoms with Crippen LogP contribution in [0.5, 0.6) is 0 Å². The SMILES string of the molecule is CC.CC.CC.CC1CN(C2CCC2)CCN1Cc1ccc2ccccc2c1. The number of rotatable bonds is 3. The van der Waals surface area contributed by atoms with Crippen LogP contribution in [0.15, 0.2) is 42.5 Å². The van der Waals surface area contributed by atoms with Crippen LogP contribution in [0.4, 0.5) is 0 Å². The van der Waals surface area contributed by atoms with Gasteiger partial charge in [-0.3, -0.25) is 9.80 Å². The Kier molecular flexibility index (Phi) is 12.1. The van der Waals surface area contributed by atoms with E-state index in [0.717, 1.165) is 12.6 Å². The molecule has 1 atom stereocenters. The molecule has 0 N–H and O–H groups in total. The standard InChI is InChI=1S/C20H26N2.3C2H6/c1-16-14-22(20-7-4-8-20)12-11-21(16)15-17-9-10-18-5-2-3-6-19(18)13-17;3*1-2/h2-3,5-6,9-10,13,16,20H,4,7-8,11-12,14-15H2,1H3;3*1-2H3. The Morgan fingerprint density at radius 3 is 2.04 bits per heavy atom. The summed E-state index contributed by atoms with van der Waals surface area (Å²) in [6, 6.07) is 17.1.